The highest BCUT2D eigenvalue weighted by Gasteiger charge is 2.18. The third-order valence-corrected chi connectivity index (χ3v) is 3.19. The summed E-state index contributed by atoms with van der Waals surface area (Å²) < 4.78 is 10.8. The van der Waals surface area contributed by atoms with Gasteiger partial charge in [-0.1, -0.05) is 24.3 Å². The number of ether oxygens (including phenoxy) is 2. The second kappa shape index (κ2) is 7.31. The van der Waals surface area contributed by atoms with Crippen LogP contribution in [0.2, 0.25) is 0 Å². The summed E-state index contributed by atoms with van der Waals surface area (Å²) in [5.41, 5.74) is 5.88. The van der Waals surface area contributed by atoms with Crippen LogP contribution in [0.25, 0.3) is 0 Å². The number of anilines is 1. The lowest BCUT2D eigenvalue weighted by Crippen LogP contribution is -2.31. The number of nitrogens with two attached hydrogens (primary N) is 1. The van der Waals surface area contributed by atoms with Gasteiger partial charge in [-0.2, -0.15) is 0 Å². The summed E-state index contributed by atoms with van der Waals surface area (Å²) in [5.74, 6) is -0.0191. The summed E-state index contributed by atoms with van der Waals surface area (Å²) in [6, 6.07) is 13.6. The van der Waals surface area contributed by atoms with Crippen molar-refractivity contribution >= 4 is 17.5 Å². The van der Waals surface area contributed by atoms with Crippen LogP contribution >= 0.6 is 0 Å². The molecule has 0 radical (unpaired) electrons. The van der Waals surface area contributed by atoms with Crippen LogP contribution in [0.15, 0.2) is 48.5 Å². The van der Waals surface area contributed by atoms with Crippen LogP contribution < -0.4 is 20.5 Å². The third-order valence-electron chi connectivity index (χ3n) is 3.19. The summed E-state index contributed by atoms with van der Waals surface area (Å²) in [4.78, 5) is 23.6. The molecule has 0 aromatic heterocycles. The molecule has 2 rings (SSSR count). The molecule has 1 atom stereocenters. The minimum absolute atomic E-state index is 0.241. The van der Waals surface area contributed by atoms with Gasteiger partial charge in [-0.25, -0.2) is 0 Å². The molecule has 0 aliphatic heterocycles. The van der Waals surface area contributed by atoms with E-state index in [4.69, 9.17) is 15.2 Å². The summed E-state index contributed by atoms with van der Waals surface area (Å²) in [6.45, 7) is 1.61. The Morgan fingerprint density at radius 2 is 1.65 bits per heavy atom. The fraction of sp³-hybridized carbons (Fsp3) is 0.176. The molecule has 6 heteroatoms. The highest BCUT2D eigenvalue weighted by molar-refractivity contribution is 6.03. The largest absolute Gasteiger partial charge is 0.493 e. The van der Waals surface area contributed by atoms with Crippen molar-refractivity contribution in [2.45, 2.75) is 13.0 Å². The maximum absolute atomic E-state index is 12.3. The van der Waals surface area contributed by atoms with Gasteiger partial charge in [0.2, 0.25) is 0 Å². The van der Waals surface area contributed by atoms with E-state index in [1.54, 1.807) is 55.5 Å². The third kappa shape index (κ3) is 4.00. The fourth-order valence-electron chi connectivity index (χ4n) is 2.00. The van der Waals surface area contributed by atoms with Gasteiger partial charge < -0.3 is 20.5 Å². The molecule has 0 saturated carbocycles. The first-order valence-electron chi connectivity index (χ1n) is 7.02. The van der Waals surface area contributed by atoms with Gasteiger partial charge in [0.25, 0.3) is 11.8 Å². The Kier molecular flexibility index (Phi) is 5.19. The lowest BCUT2D eigenvalue weighted by molar-refractivity contribution is -0.122. The summed E-state index contributed by atoms with van der Waals surface area (Å²) >= 11 is 0. The van der Waals surface area contributed by atoms with E-state index in [0.29, 0.717) is 17.2 Å². The van der Waals surface area contributed by atoms with E-state index >= 15 is 0 Å². The van der Waals surface area contributed by atoms with Crippen molar-refractivity contribution in [3.05, 3.63) is 54.1 Å². The molecule has 0 heterocycles. The molecule has 2 aromatic carbocycles. The maximum Gasteiger partial charge on any atom is 0.265 e. The van der Waals surface area contributed by atoms with E-state index in [-0.39, 0.29) is 5.56 Å². The molecular weight excluding hydrogens is 296 g/mol. The first-order chi connectivity index (χ1) is 11.0. The highest BCUT2D eigenvalue weighted by atomic mass is 16.5. The number of carbonyl (C=O) groups excluding carboxylic acids is 2. The van der Waals surface area contributed by atoms with E-state index in [1.807, 2.05) is 0 Å². The normalized spacial score (nSPS) is 11.4. The van der Waals surface area contributed by atoms with Crippen molar-refractivity contribution in [2.24, 2.45) is 5.73 Å². The van der Waals surface area contributed by atoms with E-state index in [1.165, 1.54) is 7.11 Å². The Morgan fingerprint density at radius 1 is 1.04 bits per heavy atom. The minimum Gasteiger partial charge on any atom is -0.493 e. The molecule has 6 nitrogen and oxygen atoms in total. The van der Waals surface area contributed by atoms with Gasteiger partial charge in [-0.05, 0) is 31.2 Å². The van der Waals surface area contributed by atoms with Crippen molar-refractivity contribution < 1.29 is 19.1 Å². The van der Waals surface area contributed by atoms with E-state index < -0.39 is 17.9 Å². The lowest BCUT2D eigenvalue weighted by atomic mass is 10.1. The predicted molar refractivity (Wildman–Crippen MR) is 86.7 cm³/mol. The standard InChI is InChI=1S/C17H18N2O4/c1-11(23-15-10-6-5-9-14(15)22-2)17(21)19-13-8-4-3-7-12(13)16(18)20/h3-11H,1-2H3,(H2,18,20)(H,19,21). The molecule has 0 aliphatic carbocycles. The average molecular weight is 314 g/mol. The molecule has 0 saturated heterocycles. The van der Waals surface area contributed by atoms with Gasteiger partial charge in [0, 0.05) is 0 Å². The average Bonchev–Trinajstić information content (AvgIpc) is 2.55. The van der Waals surface area contributed by atoms with Crippen molar-refractivity contribution in [1.82, 2.24) is 0 Å². The summed E-state index contributed by atoms with van der Waals surface area (Å²) in [7, 11) is 1.52. The quantitative estimate of drug-likeness (QED) is 0.855. The van der Waals surface area contributed by atoms with E-state index in [0.717, 1.165) is 0 Å². The Morgan fingerprint density at radius 3 is 2.30 bits per heavy atom. The Hall–Kier alpha value is -3.02. The van der Waals surface area contributed by atoms with Crippen LogP contribution in [0.3, 0.4) is 0 Å². The van der Waals surface area contributed by atoms with Crippen molar-refractivity contribution in [1.29, 1.82) is 0 Å². The molecule has 120 valence electrons. The zero-order valence-corrected chi connectivity index (χ0v) is 12.9. The Labute approximate surface area is 134 Å². The SMILES string of the molecule is COc1ccccc1OC(C)C(=O)Nc1ccccc1C(N)=O. The van der Waals surface area contributed by atoms with Crippen LogP contribution in [-0.4, -0.2) is 25.0 Å². The first-order valence-corrected chi connectivity index (χ1v) is 7.02. The molecule has 0 fully saturated rings. The number of hydrogen-bond acceptors (Lipinski definition) is 4. The second-order valence-corrected chi connectivity index (χ2v) is 4.81. The molecule has 2 aromatic rings. The predicted octanol–water partition coefficient (Wildman–Crippen LogP) is 2.20. The minimum atomic E-state index is -0.785. The molecule has 23 heavy (non-hydrogen) atoms. The molecule has 0 bridgehead atoms. The zero-order valence-electron chi connectivity index (χ0n) is 12.9. The fourth-order valence-corrected chi connectivity index (χ4v) is 2.00. The number of amides is 2. The number of para-hydroxylation sites is 3. The van der Waals surface area contributed by atoms with Crippen LogP contribution in [0.4, 0.5) is 5.69 Å². The van der Waals surface area contributed by atoms with E-state index in [9.17, 15) is 9.59 Å². The number of benzene rings is 2. The molecule has 0 aliphatic rings. The van der Waals surface area contributed by atoms with Gasteiger partial charge in [0.05, 0.1) is 18.4 Å². The molecule has 3 N–H and O–H groups in total. The smallest absolute Gasteiger partial charge is 0.265 e. The number of rotatable bonds is 6. The van der Waals surface area contributed by atoms with Crippen LogP contribution in [0, 0.1) is 0 Å². The van der Waals surface area contributed by atoms with Crippen molar-refractivity contribution in [2.75, 3.05) is 12.4 Å². The Bertz CT molecular complexity index is 715. The maximum atomic E-state index is 12.3. The van der Waals surface area contributed by atoms with Gasteiger partial charge in [0.1, 0.15) is 0 Å². The van der Waals surface area contributed by atoms with Crippen molar-refractivity contribution in [3.63, 3.8) is 0 Å². The molecule has 1 unspecified atom stereocenters. The van der Waals surface area contributed by atoms with Gasteiger partial charge >= 0.3 is 0 Å². The molecular formula is C17H18N2O4. The second-order valence-electron chi connectivity index (χ2n) is 4.81. The number of nitrogens with one attached hydrogen (secondary N) is 1. The number of methoxy groups -OCH3 is 1. The van der Waals surface area contributed by atoms with Gasteiger partial charge in [0.15, 0.2) is 17.6 Å². The van der Waals surface area contributed by atoms with Gasteiger partial charge in [-0.3, -0.25) is 9.59 Å². The summed E-state index contributed by atoms with van der Waals surface area (Å²) in [5, 5.41) is 2.64. The van der Waals surface area contributed by atoms with Crippen molar-refractivity contribution in [3.8, 4) is 11.5 Å². The number of carbonyl (C=O) groups is 2. The van der Waals surface area contributed by atoms with Crippen LogP contribution in [0.1, 0.15) is 17.3 Å². The van der Waals surface area contributed by atoms with Gasteiger partial charge in [-0.15, -0.1) is 0 Å². The van der Waals surface area contributed by atoms with Crippen LogP contribution in [0.5, 0.6) is 11.5 Å². The highest BCUT2D eigenvalue weighted by Crippen LogP contribution is 2.27. The molecule has 2 amide bonds. The summed E-state index contributed by atoms with van der Waals surface area (Å²) in [6.07, 6.45) is -0.785. The Balaban J connectivity index is 2.10. The lowest BCUT2D eigenvalue weighted by Gasteiger charge is -2.17. The zero-order chi connectivity index (χ0) is 16.8. The molecule has 0 spiro atoms. The topological polar surface area (TPSA) is 90.7 Å². The first kappa shape index (κ1) is 16.4. The monoisotopic (exact) mass is 314 g/mol. The number of primary amides is 1. The van der Waals surface area contributed by atoms with E-state index in [2.05, 4.69) is 5.32 Å². The van der Waals surface area contributed by atoms with Crippen LogP contribution in [-0.2, 0) is 4.79 Å². The number of hydrogen-bond donors (Lipinski definition) is 2.